The van der Waals surface area contributed by atoms with Crippen molar-refractivity contribution in [3.05, 3.63) is 168 Å². The van der Waals surface area contributed by atoms with E-state index < -0.39 is 5.54 Å². The zero-order valence-corrected chi connectivity index (χ0v) is 27.8. The monoisotopic (exact) mass is 642 g/mol. The lowest BCUT2D eigenvalue weighted by Gasteiger charge is -2.37. The first-order valence-corrected chi connectivity index (χ1v) is 16.8. The maximum atomic E-state index is 5.37. The Hall–Kier alpha value is -5.95. The van der Waals surface area contributed by atoms with Crippen molar-refractivity contribution in [1.82, 2.24) is 19.7 Å². The molecule has 8 rings (SSSR count). The SMILES string of the molecule is COc1cccc(N2CCN(c3ccnc4ccc(-c5cn(C(c6ccccc6)(c6ccccc6)c6ccccc6)nc5C)cc34)CC2)n1. The van der Waals surface area contributed by atoms with Crippen LogP contribution in [-0.4, -0.2) is 53.0 Å². The van der Waals surface area contributed by atoms with Gasteiger partial charge >= 0.3 is 0 Å². The van der Waals surface area contributed by atoms with Crippen LogP contribution in [0.5, 0.6) is 5.88 Å². The van der Waals surface area contributed by atoms with Gasteiger partial charge < -0.3 is 14.5 Å². The molecule has 7 aromatic rings. The molecule has 49 heavy (non-hydrogen) atoms. The number of benzene rings is 4. The van der Waals surface area contributed by atoms with Gasteiger partial charge in [-0.2, -0.15) is 10.1 Å². The van der Waals surface area contributed by atoms with Gasteiger partial charge in [-0.1, -0.05) is 103 Å². The Morgan fingerprint density at radius 2 is 1.27 bits per heavy atom. The number of ether oxygens (including phenoxy) is 1. The van der Waals surface area contributed by atoms with Gasteiger partial charge in [-0.15, -0.1) is 0 Å². The summed E-state index contributed by atoms with van der Waals surface area (Å²) < 4.78 is 7.53. The Morgan fingerprint density at radius 1 is 0.653 bits per heavy atom. The van der Waals surface area contributed by atoms with E-state index in [0.717, 1.165) is 76.4 Å². The molecule has 0 unspecified atom stereocenters. The van der Waals surface area contributed by atoms with Crippen LogP contribution in [-0.2, 0) is 5.54 Å². The van der Waals surface area contributed by atoms with Crippen molar-refractivity contribution in [2.45, 2.75) is 12.5 Å². The molecular weight excluding hydrogens is 605 g/mol. The van der Waals surface area contributed by atoms with E-state index in [-0.39, 0.29) is 0 Å². The van der Waals surface area contributed by atoms with E-state index in [0.29, 0.717) is 5.88 Å². The van der Waals surface area contributed by atoms with Crippen molar-refractivity contribution >= 4 is 22.4 Å². The zero-order chi connectivity index (χ0) is 33.2. The minimum atomic E-state index is -0.673. The maximum Gasteiger partial charge on any atom is 0.214 e. The summed E-state index contributed by atoms with van der Waals surface area (Å²) in [4.78, 5) is 14.2. The molecule has 3 aromatic heterocycles. The van der Waals surface area contributed by atoms with Gasteiger partial charge in [0.05, 0.1) is 18.3 Å². The predicted octanol–water partition coefficient (Wildman–Crippen LogP) is 7.98. The highest BCUT2D eigenvalue weighted by Crippen LogP contribution is 2.42. The van der Waals surface area contributed by atoms with Crippen LogP contribution in [0.4, 0.5) is 11.5 Å². The Kier molecular flexibility index (Phi) is 8.01. The summed E-state index contributed by atoms with van der Waals surface area (Å²) in [5, 5.41) is 6.44. The summed E-state index contributed by atoms with van der Waals surface area (Å²) in [6, 6.07) is 46.8. The van der Waals surface area contributed by atoms with Crippen molar-refractivity contribution in [1.29, 1.82) is 0 Å². The minimum absolute atomic E-state index is 0.639. The minimum Gasteiger partial charge on any atom is -0.481 e. The summed E-state index contributed by atoms with van der Waals surface area (Å²) in [5.74, 6) is 1.59. The second kappa shape index (κ2) is 12.9. The highest BCUT2D eigenvalue weighted by atomic mass is 16.5. The van der Waals surface area contributed by atoms with E-state index in [1.165, 1.54) is 5.69 Å². The van der Waals surface area contributed by atoms with Gasteiger partial charge in [0.25, 0.3) is 0 Å². The summed E-state index contributed by atoms with van der Waals surface area (Å²) in [7, 11) is 1.66. The largest absolute Gasteiger partial charge is 0.481 e. The van der Waals surface area contributed by atoms with Gasteiger partial charge in [0.15, 0.2) is 0 Å². The van der Waals surface area contributed by atoms with Crippen molar-refractivity contribution < 1.29 is 4.74 Å². The molecule has 1 aliphatic rings. The highest BCUT2D eigenvalue weighted by Gasteiger charge is 2.39. The fourth-order valence-corrected chi connectivity index (χ4v) is 7.30. The van der Waals surface area contributed by atoms with Crippen molar-refractivity contribution in [2.24, 2.45) is 0 Å². The molecule has 7 heteroatoms. The smallest absolute Gasteiger partial charge is 0.214 e. The summed E-state index contributed by atoms with van der Waals surface area (Å²) in [5.41, 5.74) is 8.13. The molecule has 0 spiro atoms. The maximum absolute atomic E-state index is 5.37. The second-order valence-corrected chi connectivity index (χ2v) is 12.5. The number of nitrogens with zero attached hydrogens (tertiary/aromatic N) is 6. The first-order chi connectivity index (χ1) is 24.1. The molecule has 7 nitrogen and oxygen atoms in total. The molecule has 4 heterocycles. The van der Waals surface area contributed by atoms with Crippen molar-refractivity contribution in [3.8, 4) is 17.0 Å². The molecule has 0 aliphatic carbocycles. The molecule has 1 saturated heterocycles. The fraction of sp³-hybridized carbons (Fsp3) is 0.167. The molecule has 0 N–H and O–H groups in total. The number of fused-ring (bicyclic) bond motifs is 1. The lowest BCUT2D eigenvalue weighted by molar-refractivity contribution is 0.397. The third-order valence-electron chi connectivity index (χ3n) is 9.71. The number of methoxy groups -OCH3 is 1. The van der Waals surface area contributed by atoms with Crippen molar-refractivity contribution in [2.75, 3.05) is 43.1 Å². The number of aromatic nitrogens is 4. The number of anilines is 2. The molecular formula is C42H38N6O. The lowest BCUT2D eigenvalue weighted by atomic mass is 9.77. The van der Waals surface area contributed by atoms with Crippen LogP contribution in [0.2, 0.25) is 0 Å². The topological polar surface area (TPSA) is 59.3 Å². The van der Waals surface area contributed by atoms with Crippen LogP contribution in [0.1, 0.15) is 22.4 Å². The third-order valence-corrected chi connectivity index (χ3v) is 9.71. The molecule has 4 aromatic carbocycles. The summed E-state index contributed by atoms with van der Waals surface area (Å²) in [6.45, 7) is 5.61. The molecule has 0 bridgehead atoms. The molecule has 0 amide bonds. The first-order valence-electron chi connectivity index (χ1n) is 16.8. The van der Waals surface area contributed by atoms with Gasteiger partial charge in [0.2, 0.25) is 5.88 Å². The summed E-state index contributed by atoms with van der Waals surface area (Å²) in [6.07, 6.45) is 4.14. The zero-order valence-electron chi connectivity index (χ0n) is 27.8. The van der Waals surface area contributed by atoms with E-state index in [4.69, 9.17) is 14.8 Å². The quantitative estimate of drug-likeness (QED) is 0.157. The number of rotatable bonds is 8. The highest BCUT2D eigenvalue weighted by molar-refractivity contribution is 5.95. The average molecular weight is 643 g/mol. The molecule has 0 atom stereocenters. The lowest BCUT2D eigenvalue weighted by Crippen LogP contribution is -2.46. The average Bonchev–Trinajstić information content (AvgIpc) is 3.57. The number of piperazine rings is 1. The number of hydrogen-bond acceptors (Lipinski definition) is 6. The second-order valence-electron chi connectivity index (χ2n) is 12.5. The Morgan fingerprint density at radius 3 is 1.88 bits per heavy atom. The molecule has 1 aliphatic heterocycles. The van der Waals surface area contributed by atoms with Crippen LogP contribution in [0.15, 0.2) is 146 Å². The van der Waals surface area contributed by atoms with E-state index in [2.05, 4.69) is 154 Å². The van der Waals surface area contributed by atoms with Gasteiger partial charge in [0.1, 0.15) is 11.4 Å². The van der Waals surface area contributed by atoms with Crippen LogP contribution in [0, 0.1) is 6.92 Å². The predicted molar refractivity (Wildman–Crippen MR) is 198 cm³/mol. The van der Waals surface area contributed by atoms with E-state index in [9.17, 15) is 0 Å². The fourth-order valence-electron chi connectivity index (χ4n) is 7.30. The van der Waals surface area contributed by atoms with Gasteiger partial charge in [-0.05, 0) is 53.4 Å². The molecule has 242 valence electrons. The number of hydrogen-bond donors (Lipinski definition) is 0. The molecule has 0 radical (unpaired) electrons. The van der Waals surface area contributed by atoms with Gasteiger partial charge in [-0.25, -0.2) is 0 Å². The standard InChI is InChI=1S/C42H38N6O/c1-31-37(30-48(45-31)42(33-13-6-3-7-14-33,34-15-8-4-9-16-34)35-17-10-5-11-18-35)32-21-22-38-36(29-32)39(23-24-43-38)46-25-27-47(28-26-46)40-19-12-20-41(44-40)49-2/h3-24,29-30H,25-28H2,1-2H3. The normalized spacial score (nSPS) is 13.5. The van der Waals surface area contributed by atoms with Crippen LogP contribution in [0.3, 0.4) is 0 Å². The molecule has 1 fully saturated rings. The summed E-state index contributed by atoms with van der Waals surface area (Å²) >= 11 is 0. The Labute approximate surface area is 287 Å². The van der Waals surface area contributed by atoms with E-state index in [1.54, 1.807) is 7.11 Å². The van der Waals surface area contributed by atoms with Crippen molar-refractivity contribution in [3.63, 3.8) is 0 Å². The first kappa shape index (κ1) is 30.4. The van der Waals surface area contributed by atoms with Crippen LogP contribution >= 0.6 is 0 Å². The Bertz CT molecular complexity index is 2100. The van der Waals surface area contributed by atoms with Gasteiger partial charge in [0, 0.05) is 61.3 Å². The van der Waals surface area contributed by atoms with Gasteiger partial charge in [-0.3, -0.25) is 9.67 Å². The van der Waals surface area contributed by atoms with Crippen LogP contribution < -0.4 is 14.5 Å². The molecule has 0 saturated carbocycles. The number of pyridine rings is 2. The number of aryl methyl sites for hydroxylation is 1. The Balaban J connectivity index is 1.19. The van der Waals surface area contributed by atoms with E-state index >= 15 is 0 Å². The third kappa shape index (κ3) is 5.47. The van der Waals surface area contributed by atoms with Crippen LogP contribution in [0.25, 0.3) is 22.0 Å². The van der Waals surface area contributed by atoms with E-state index in [1.807, 2.05) is 18.3 Å².